The molecule has 0 amide bonds. The van der Waals surface area contributed by atoms with E-state index in [9.17, 15) is 0 Å². The summed E-state index contributed by atoms with van der Waals surface area (Å²) >= 11 is 0. The van der Waals surface area contributed by atoms with Gasteiger partial charge in [0.1, 0.15) is 0 Å². The van der Waals surface area contributed by atoms with E-state index in [1.54, 1.807) is 0 Å². The summed E-state index contributed by atoms with van der Waals surface area (Å²) in [5, 5.41) is 3.49. The molecule has 2 aliphatic rings. The molecular formula is C11H22N2. The summed E-state index contributed by atoms with van der Waals surface area (Å²) in [7, 11) is 0. The van der Waals surface area contributed by atoms with Crippen LogP contribution in [0.4, 0.5) is 0 Å². The molecule has 0 atom stereocenters. The van der Waals surface area contributed by atoms with Crippen molar-refractivity contribution in [3.05, 3.63) is 0 Å². The fourth-order valence-electron chi connectivity index (χ4n) is 2.89. The van der Waals surface area contributed by atoms with Gasteiger partial charge in [-0.1, -0.05) is 12.8 Å². The Bertz CT molecular complexity index is 171. The number of hydrogen-bond donors (Lipinski definition) is 1. The molecule has 0 aromatic heterocycles. The molecule has 0 aromatic rings. The van der Waals surface area contributed by atoms with Crippen molar-refractivity contribution in [3.63, 3.8) is 0 Å². The van der Waals surface area contributed by atoms with Gasteiger partial charge in [0.25, 0.3) is 0 Å². The topological polar surface area (TPSA) is 15.3 Å². The van der Waals surface area contributed by atoms with Crippen LogP contribution in [-0.2, 0) is 0 Å². The van der Waals surface area contributed by atoms with Gasteiger partial charge in [-0.05, 0) is 26.7 Å². The van der Waals surface area contributed by atoms with Gasteiger partial charge in [-0.25, -0.2) is 0 Å². The first-order valence-corrected chi connectivity index (χ1v) is 5.68. The molecule has 1 aliphatic heterocycles. The molecule has 0 aromatic carbocycles. The summed E-state index contributed by atoms with van der Waals surface area (Å²) in [6.07, 6.45) is 5.77. The number of rotatable bonds is 1. The monoisotopic (exact) mass is 182 g/mol. The summed E-state index contributed by atoms with van der Waals surface area (Å²) in [5.41, 5.74) is 0.382. The van der Waals surface area contributed by atoms with Gasteiger partial charge in [0.05, 0.1) is 0 Å². The first-order chi connectivity index (χ1) is 6.20. The van der Waals surface area contributed by atoms with Crippen LogP contribution in [-0.4, -0.2) is 36.1 Å². The lowest BCUT2D eigenvalue weighted by Crippen LogP contribution is -2.60. The third-order valence-corrected chi connectivity index (χ3v) is 3.63. The van der Waals surface area contributed by atoms with Crippen LogP contribution in [0.25, 0.3) is 0 Å². The molecule has 1 N–H and O–H groups in total. The van der Waals surface area contributed by atoms with Crippen molar-refractivity contribution >= 4 is 0 Å². The van der Waals surface area contributed by atoms with Gasteiger partial charge in [-0.3, -0.25) is 4.90 Å². The molecule has 2 fully saturated rings. The van der Waals surface area contributed by atoms with Crippen LogP contribution in [0.3, 0.4) is 0 Å². The molecule has 76 valence electrons. The second-order valence-corrected chi connectivity index (χ2v) is 5.12. The molecule has 1 saturated heterocycles. The molecule has 0 radical (unpaired) electrons. The van der Waals surface area contributed by atoms with Gasteiger partial charge in [-0.2, -0.15) is 0 Å². The number of nitrogens with one attached hydrogen (secondary N) is 1. The predicted octanol–water partition coefficient (Wildman–Crippen LogP) is 1.61. The molecule has 0 bridgehead atoms. The molecular weight excluding hydrogens is 160 g/mol. The molecule has 1 saturated carbocycles. The highest BCUT2D eigenvalue weighted by molar-refractivity contribution is 4.93. The van der Waals surface area contributed by atoms with Crippen molar-refractivity contribution in [1.82, 2.24) is 10.2 Å². The Kier molecular flexibility index (Phi) is 2.61. The van der Waals surface area contributed by atoms with Gasteiger partial charge in [-0.15, -0.1) is 0 Å². The maximum absolute atomic E-state index is 3.49. The lowest BCUT2D eigenvalue weighted by molar-refractivity contribution is 0.0475. The minimum absolute atomic E-state index is 0.382. The normalized spacial score (nSPS) is 30.9. The van der Waals surface area contributed by atoms with Crippen molar-refractivity contribution in [3.8, 4) is 0 Å². The maximum Gasteiger partial charge on any atom is 0.0281 e. The van der Waals surface area contributed by atoms with E-state index >= 15 is 0 Å². The zero-order valence-corrected chi connectivity index (χ0v) is 8.97. The van der Waals surface area contributed by atoms with Gasteiger partial charge >= 0.3 is 0 Å². The van der Waals surface area contributed by atoms with E-state index in [4.69, 9.17) is 0 Å². The SMILES string of the molecule is CC1(C)CNCCN1C1CCCC1. The summed E-state index contributed by atoms with van der Waals surface area (Å²) < 4.78 is 0. The van der Waals surface area contributed by atoms with Crippen molar-refractivity contribution in [2.24, 2.45) is 0 Å². The molecule has 2 nitrogen and oxygen atoms in total. The van der Waals surface area contributed by atoms with Crippen molar-refractivity contribution in [2.45, 2.75) is 51.1 Å². The van der Waals surface area contributed by atoms with Crippen LogP contribution in [0, 0.1) is 0 Å². The minimum Gasteiger partial charge on any atom is -0.314 e. The largest absolute Gasteiger partial charge is 0.314 e. The van der Waals surface area contributed by atoms with Crippen molar-refractivity contribution in [1.29, 1.82) is 0 Å². The zero-order chi connectivity index (χ0) is 9.31. The van der Waals surface area contributed by atoms with Gasteiger partial charge in [0.15, 0.2) is 0 Å². The highest BCUT2D eigenvalue weighted by atomic mass is 15.3. The molecule has 1 heterocycles. The molecule has 2 heteroatoms. The Balaban J connectivity index is 2.02. The maximum atomic E-state index is 3.49. The van der Waals surface area contributed by atoms with Crippen LogP contribution >= 0.6 is 0 Å². The van der Waals surface area contributed by atoms with E-state index in [1.807, 2.05) is 0 Å². The van der Waals surface area contributed by atoms with Gasteiger partial charge in [0.2, 0.25) is 0 Å². The Morgan fingerprint density at radius 1 is 1.23 bits per heavy atom. The smallest absolute Gasteiger partial charge is 0.0281 e. The van der Waals surface area contributed by atoms with E-state index in [-0.39, 0.29) is 0 Å². The molecule has 2 rings (SSSR count). The lowest BCUT2D eigenvalue weighted by Gasteiger charge is -2.46. The van der Waals surface area contributed by atoms with Crippen LogP contribution in [0.5, 0.6) is 0 Å². The van der Waals surface area contributed by atoms with E-state index in [2.05, 4.69) is 24.1 Å². The van der Waals surface area contributed by atoms with E-state index in [0.29, 0.717) is 5.54 Å². The summed E-state index contributed by atoms with van der Waals surface area (Å²) in [5.74, 6) is 0. The minimum atomic E-state index is 0.382. The Labute approximate surface area is 81.7 Å². The Morgan fingerprint density at radius 2 is 1.92 bits per heavy atom. The quantitative estimate of drug-likeness (QED) is 0.663. The van der Waals surface area contributed by atoms with E-state index < -0.39 is 0 Å². The molecule has 0 spiro atoms. The Hall–Kier alpha value is -0.0800. The van der Waals surface area contributed by atoms with Crippen LogP contribution in [0.1, 0.15) is 39.5 Å². The van der Waals surface area contributed by atoms with Crippen LogP contribution < -0.4 is 5.32 Å². The standard InChI is InChI=1S/C11H22N2/c1-11(2)9-12-7-8-13(11)10-5-3-4-6-10/h10,12H,3-9H2,1-2H3. The Morgan fingerprint density at radius 3 is 2.54 bits per heavy atom. The van der Waals surface area contributed by atoms with Crippen LogP contribution in [0.15, 0.2) is 0 Å². The number of nitrogens with zero attached hydrogens (tertiary/aromatic N) is 1. The molecule has 0 unspecified atom stereocenters. The number of piperazine rings is 1. The second kappa shape index (κ2) is 3.58. The zero-order valence-electron chi connectivity index (χ0n) is 8.97. The first kappa shape index (κ1) is 9.47. The highest BCUT2D eigenvalue weighted by Gasteiger charge is 2.35. The average molecular weight is 182 g/mol. The summed E-state index contributed by atoms with van der Waals surface area (Å²) in [4.78, 5) is 2.73. The number of hydrogen-bond acceptors (Lipinski definition) is 2. The fourth-order valence-corrected chi connectivity index (χ4v) is 2.89. The van der Waals surface area contributed by atoms with E-state index in [1.165, 1.54) is 38.8 Å². The van der Waals surface area contributed by atoms with Crippen molar-refractivity contribution in [2.75, 3.05) is 19.6 Å². The van der Waals surface area contributed by atoms with Gasteiger partial charge in [0, 0.05) is 31.2 Å². The second-order valence-electron chi connectivity index (χ2n) is 5.12. The lowest BCUT2D eigenvalue weighted by atomic mass is 9.97. The summed E-state index contributed by atoms with van der Waals surface area (Å²) in [6.45, 7) is 8.33. The van der Waals surface area contributed by atoms with Crippen molar-refractivity contribution < 1.29 is 0 Å². The van der Waals surface area contributed by atoms with E-state index in [0.717, 1.165) is 12.6 Å². The molecule has 13 heavy (non-hydrogen) atoms. The summed E-state index contributed by atoms with van der Waals surface area (Å²) in [6, 6.07) is 0.886. The first-order valence-electron chi connectivity index (χ1n) is 5.68. The van der Waals surface area contributed by atoms with Crippen LogP contribution in [0.2, 0.25) is 0 Å². The highest BCUT2D eigenvalue weighted by Crippen LogP contribution is 2.29. The fraction of sp³-hybridized carbons (Fsp3) is 1.00. The third kappa shape index (κ3) is 1.89. The third-order valence-electron chi connectivity index (χ3n) is 3.63. The predicted molar refractivity (Wildman–Crippen MR) is 55.9 cm³/mol. The van der Waals surface area contributed by atoms with Gasteiger partial charge < -0.3 is 5.32 Å². The molecule has 1 aliphatic carbocycles. The average Bonchev–Trinajstić information content (AvgIpc) is 2.55.